The van der Waals surface area contributed by atoms with E-state index in [9.17, 15) is 4.79 Å². The Morgan fingerprint density at radius 1 is 1.50 bits per heavy atom. The van der Waals surface area contributed by atoms with Gasteiger partial charge in [0.2, 0.25) is 0 Å². The minimum absolute atomic E-state index is 0.118. The quantitative estimate of drug-likeness (QED) is 0.833. The number of amides is 1. The first kappa shape index (κ1) is 10.4. The van der Waals surface area contributed by atoms with Gasteiger partial charge in [-0.15, -0.1) is 0 Å². The number of aromatic nitrogens is 2. The van der Waals surface area contributed by atoms with Gasteiger partial charge in [-0.1, -0.05) is 24.3 Å². The van der Waals surface area contributed by atoms with Crippen LogP contribution >= 0.6 is 0 Å². The fourth-order valence-corrected chi connectivity index (χ4v) is 1.39. The van der Waals surface area contributed by atoms with E-state index in [0.29, 0.717) is 12.2 Å². The van der Waals surface area contributed by atoms with Crippen molar-refractivity contribution in [2.24, 2.45) is 7.05 Å². The van der Waals surface area contributed by atoms with Crippen LogP contribution in [0.3, 0.4) is 0 Å². The zero-order valence-corrected chi connectivity index (χ0v) is 8.97. The van der Waals surface area contributed by atoms with Gasteiger partial charge in [0.15, 0.2) is 0 Å². The number of nitrogens with one attached hydrogen (secondary N) is 1. The molecule has 16 heavy (non-hydrogen) atoms. The van der Waals surface area contributed by atoms with Gasteiger partial charge in [-0.3, -0.25) is 4.79 Å². The predicted molar refractivity (Wildman–Crippen MR) is 59.7 cm³/mol. The Kier molecular flexibility index (Phi) is 3.00. The molecule has 0 aliphatic carbocycles. The largest absolute Gasteiger partial charge is 0.347 e. The van der Waals surface area contributed by atoms with E-state index in [0.717, 1.165) is 5.56 Å². The molecular formula is C12H12N3O. The van der Waals surface area contributed by atoms with E-state index < -0.39 is 0 Å². The smallest absolute Gasteiger partial charge is 0.269 e. The lowest BCUT2D eigenvalue weighted by Crippen LogP contribution is -2.24. The van der Waals surface area contributed by atoms with Gasteiger partial charge >= 0.3 is 0 Å². The van der Waals surface area contributed by atoms with Gasteiger partial charge in [-0.2, -0.15) is 0 Å². The zero-order valence-electron chi connectivity index (χ0n) is 8.97. The molecule has 4 nitrogen and oxygen atoms in total. The molecule has 0 unspecified atom stereocenters. The molecule has 1 aromatic heterocycles. The SMILES string of the molecule is Cn1cncc1C(=O)NCc1cc[c]cc1. The van der Waals surface area contributed by atoms with Crippen molar-refractivity contribution >= 4 is 5.91 Å². The Morgan fingerprint density at radius 3 is 2.88 bits per heavy atom. The van der Waals surface area contributed by atoms with E-state index in [1.807, 2.05) is 24.3 Å². The number of rotatable bonds is 3. The number of benzene rings is 1. The van der Waals surface area contributed by atoms with Crippen molar-refractivity contribution in [2.45, 2.75) is 6.54 Å². The summed E-state index contributed by atoms with van der Waals surface area (Å²) in [6.07, 6.45) is 3.15. The second kappa shape index (κ2) is 4.61. The lowest BCUT2D eigenvalue weighted by molar-refractivity contribution is 0.0942. The highest BCUT2D eigenvalue weighted by molar-refractivity contribution is 5.92. The summed E-state index contributed by atoms with van der Waals surface area (Å²) in [5.74, 6) is -0.118. The summed E-state index contributed by atoms with van der Waals surface area (Å²) in [4.78, 5) is 15.6. The molecular weight excluding hydrogens is 202 g/mol. The molecule has 0 fully saturated rings. The molecule has 81 valence electrons. The lowest BCUT2D eigenvalue weighted by atomic mass is 10.2. The van der Waals surface area contributed by atoms with Crippen molar-refractivity contribution in [1.29, 1.82) is 0 Å². The third-order valence-electron chi connectivity index (χ3n) is 2.29. The molecule has 0 aliphatic heterocycles. The molecule has 1 radical (unpaired) electrons. The average molecular weight is 214 g/mol. The molecule has 1 aromatic carbocycles. The van der Waals surface area contributed by atoms with Crippen molar-refractivity contribution in [1.82, 2.24) is 14.9 Å². The number of aryl methyl sites for hydroxylation is 1. The van der Waals surface area contributed by atoms with Crippen LogP contribution in [0.1, 0.15) is 16.1 Å². The fourth-order valence-electron chi connectivity index (χ4n) is 1.39. The van der Waals surface area contributed by atoms with E-state index in [1.165, 1.54) is 0 Å². The van der Waals surface area contributed by atoms with Crippen molar-refractivity contribution in [3.63, 3.8) is 0 Å². The van der Waals surface area contributed by atoms with Crippen LogP contribution in [0.5, 0.6) is 0 Å². The van der Waals surface area contributed by atoms with Crippen LogP contribution in [0.15, 0.2) is 36.8 Å². The number of hydrogen-bond acceptors (Lipinski definition) is 2. The van der Waals surface area contributed by atoms with Gasteiger partial charge in [-0.05, 0) is 11.6 Å². The minimum Gasteiger partial charge on any atom is -0.347 e. The maximum absolute atomic E-state index is 11.7. The van der Waals surface area contributed by atoms with Crippen LogP contribution in [0, 0.1) is 6.07 Å². The topological polar surface area (TPSA) is 46.9 Å². The van der Waals surface area contributed by atoms with E-state index in [2.05, 4.69) is 16.4 Å². The molecule has 1 heterocycles. The van der Waals surface area contributed by atoms with Gasteiger partial charge in [0.25, 0.3) is 5.91 Å². The van der Waals surface area contributed by atoms with Crippen LogP contribution in [0.25, 0.3) is 0 Å². The summed E-state index contributed by atoms with van der Waals surface area (Å²) in [7, 11) is 1.79. The Balaban J connectivity index is 1.97. The van der Waals surface area contributed by atoms with Crippen molar-refractivity contribution in [2.75, 3.05) is 0 Å². The number of hydrogen-bond donors (Lipinski definition) is 1. The number of carbonyl (C=O) groups is 1. The van der Waals surface area contributed by atoms with Crippen LogP contribution in [0.4, 0.5) is 0 Å². The third kappa shape index (κ3) is 2.28. The van der Waals surface area contributed by atoms with Crippen LogP contribution in [0.2, 0.25) is 0 Å². The summed E-state index contributed by atoms with van der Waals surface area (Å²) in [5.41, 5.74) is 1.61. The highest BCUT2D eigenvalue weighted by Crippen LogP contribution is 1.99. The van der Waals surface area contributed by atoms with Gasteiger partial charge in [0.1, 0.15) is 5.69 Å². The Morgan fingerprint density at radius 2 is 2.25 bits per heavy atom. The van der Waals surface area contributed by atoms with E-state index in [4.69, 9.17) is 0 Å². The monoisotopic (exact) mass is 214 g/mol. The summed E-state index contributed by atoms with van der Waals surface area (Å²) in [6.45, 7) is 0.513. The van der Waals surface area contributed by atoms with Crippen LogP contribution in [-0.4, -0.2) is 15.5 Å². The maximum Gasteiger partial charge on any atom is 0.269 e. The minimum atomic E-state index is -0.118. The molecule has 0 spiro atoms. The summed E-state index contributed by atoms with van der Waals surface area (Å²) < 4.78 is 1.69. The van der Waals surface area contributed by atoms with Gasteiger partial charge in [-0.25, -0.2) is 4.98 Å². The normalized spacial score (nSPS) is 10.1. The summed E-state index contributed by atoms with van der Waals surface area (Å²) in [5, 5.41) is 2.83. The summed E-state index contributed by atoms with van der Waals surface area (Å²) in [6, 6.07) is 10.4. The Bertz CT molecular complexity index is 476. The molecule has 1 N–H and O–H groups in total. The van der Waals surface area contributed by atoms with Crippen LogP contribution in [-0.2, 0) is 13.6 Å². The lowest BCUT2D eigenvalue weighted by Gasteiger charge is -2.05. The Hall–Kier alpha value is -2.10. The first-order valence-electron chi connectivity index (χ1n) is 4.97. The first-order chi connectivity index (χ1) is 7.77. The molecule has 1 amide bonds. The van der Waals surface area contributed by atoms with Crippen molar-refractivity contribution in [3.05, 3.63) is 54.1 Å². The molecule has 0 atom stereocenters. The molecule has 0 bridgehead atoms. The van der Waals surface area contributed by atoms with E-state index in [-0.39, 0.29) is 5.91 Å². The molecule has 2 aromatic rings. The van der Waals surface area contributed by atoms with E-state index in [1.54, 1.807) is 24.1 Å². The van der Waals surface area contributed by atoms with Crippen molar-refractivity contribution < 1.29 is 4.79 Å². The second-order valence-electron chi connectivity index (χ2n) is 3.48. The van der Waals surface area contributed by atoms with E-state index >= 15 is 0 Å². The zero-order chi connectivity index (χ0) is 11.4. The fraction of sp³-hybridized carbons (Fsp3) is 0.167. The van der Waals surface area contributed by atoms with Crippen molar-refractivity contribution in [3.8, 4) is 0 Å². The molecule has 4 heteroatoms. The third-order valence-corrected chi connectivity index (χ3v) is 2.29. The molecule has 0 saturated carbocycles. The molecule has 0 saturated heterocycles. The standard InChI is InChI=1S/C12H12N3O/c1-15-9-13-8-11(15)12(16)14-7-10-5-3-2-4-6-10/h3-6,8-9H,7H2,1H3,(H,14,16). The number of nitrogens with zero attached hydrogens (tertiary/aromatic N) is 2. The van der Waals surface area contributed by atoms with Gasteiger partial charge in [0, 0.05) is 13.6 Å². The number of carbonyl (C=O) groups excluding carboxylic acids is 1. The highest BCUT2D eigenvalue weighted by atomic mass is 16.1. The highest BCUT2D eigenvalue weighted by Gasteiger charge is 2.08. The summed E-state index contributed by atoms with van der Waals surface area (Å²) >= 11 is 0. The average Bonchev–Trinajstić information content (AvgIpc) is 2.74. The second-order valence-corrected chi connectivity index (χ2v) is 3.48. The molecule has 2 rings (SSSR count). The van der Waals surface area contributed by atoms with Crippen LogP contribution < -0.4 is 5.32 Å². The Labute approximate surface area is 93.9 Å². The van der Waals surface area contributed by atoms with Gasteiger partial charge in [0.05, 0.1) is 12.5 Å². The molecule has 0 aliphatic rings. The maximum atomic E-state index is 11.7. The first-order valence-corrected chi connectivity index (χ1v) is 4.97. The number of imidazole rings is 1. The predicted octanol–water partition coefficient (Wildman–Crippen LogP) is 1.15. The van der Waals surface area contributed by atoms with Gasteiger partial charge < -0.3 is 9.88 Å².